The third-order valence-electron chi connectivity index (χ3n) is 3.97. The molecule has 0 bridgehead atoms. The number of amides is 1. The highest BCUT2D eigenvalue weighted by molar-refractivity contribution is 5.98. The Morgan fingerprint density at radius 2 is 1.96 bits per heavy atom. The average molecular weight is 338 g/mol. The Bertz CT molecular complexity index is 925. The van der Waals surface area contributed by atoms with E-state index in [9.17, 15) is 9.18 Å². The minimum Gasteiger partial charge on any atom is -0.380 e. The summed E-state index contributed by atoms with van der Waals surface area (Å²) in [6.07, 6.45) is 0. The highest BCUT2D eigenvalue weighted by Crippen LogP contribution is 2.18. The lowest BCUT2D eigenvalue weighted by Gasteiger charge is -2.10. The second-order valence-electron chi connectivity index (χ2n) is 5.89. The fraction of sp³-hybridized carbons (Fsp3) is 0.200. The molecule has 0 aliphatic carbocycles. The second-order valence-corrected chi connectivity index (χ2v) is 5.89. The van der Waals surface area contributed by atoms with Crippen LogP contribution in [0.5, 0.6) is 0 Å². The van der Waals surface area contributed by atoms with Gasteiger partial charge in [0.25, 0.3) is 5.91 Å². The molecule has 1 aromatic heterocycles. The van der Waals surface area contributed by atoms with Gasteiger partial charge in [0, 0.05) is 25.1 Å². The summed E-state index contributed by atoms with van der Waals surface area (Å²) in [6.45, 7) is 2.70. The minimum absolute atomic E-state index is 0.201. The molecule has 1 heterocycles. The number of hydrogen-bond acceptors (Lipinski definition) is 3. The fourth-order valence-electron chi connectivity index (χ4n) is 2.74. The predicted octanol–water partition coefficient (Wildman–Crippen LogP) is 3.76. The highest BCUT2D eigenvalue weighted by Gasteiger charge is 2.12. The van der Waals surface area contributed by atoms with Crippen molar-refractivity contribution >= 4 is 16.8 Å². The van der Waals surface area contributed by atoms with E-state index in [4.69, 9.17) is 4.74 Å². The summed E-state index contributed by atoms with van der Waals surface area (Å²) < 4.78 is 18.4. The molecule has 2 aromatic carbocycles. The lowest BCUT2D eigenvalue weighted by Crippen LogP contribution is -2.24. The molecule has 128 valence electrons. The van der Waals surface area contributed by atoms with E-state index in [-0.39, 0.29) is 11.7 Å². The molecule has 25 heavy (non-hydrogen) atoms. The SMILES string of the molecule is COCc1cccc(CNC(=O)c2cc3ccc(F)cc3nc2C)c1. The van der Waals surface area contributed by atoms with Crippen molar-refractivity contribution in [2.75, 3.05) is 7.11 Å². The molecule has 5 heteroatoms. The summed E-state index contributed by atoms with van der Waals surface area (Å²) in [5.41, 5.74) is 3.66. The number of halogens is 1. The minimum atomic E-state index is -0.340. The summed E-state index contributed by atoms with van der Waals surface area (Å²) >= 11 is 0. The van der Waals surface area contributed by atoms with Crippen LogP contribution in [-0.4, -0.2) is 18.0 Å². The smallest absolute Gasteiger partial charge is 0.253 e. The number of ether oxygens (including phenoxy) is 1. The van der Waals surface area contributed by atoms with Crippen molar-refractivity contribution in [2.24, 2.45) is 0 Å². The summed E-state index contributed by atoms with van der Waals surface area (Å²) in [6, 6.07) is 14.0. The molecule has 0 saturated heterocycles. The first-order valence-electron chi connectivity index (χ1n) is 7.98. The Labute approximate surface area is 145 Å². The second kappa shape index (κ2) is 7.40. The topological polar surface area (TPSA) is 51.2 Å². The number of aromatic nitrogens is 1. The molecule has 1 amide bonds. The van der Waals surface area contributed by atoms with Gasteiger partial charge >= 0.3 is 0 Å². The number of fused-ring (bicyclic) bond motifs is 1. The molecule has 3 aromatic rings. The number of carbonyl (C=O) groups is 1. The molecule has 0 unspecified atom stereocenters. The zero-order valence-corrected chi connectivity index (χ0v) is 14.2. The molecule has 0 aliphatic rings. The summed E-state index contributed by atoms with van der Waals surface area (Å²) in [4.78, 5) is 16.8. The number of methoxy groups -OCH3 is 1. The van der Waals surface area contributed by atoms with Crippen LogP contribution in [0.3, 0.4) is 0 Å². The van der Waals surface area contributed by atoms with Gasteiger partial charge in [-0.3, -0.25) is 9.78 Å². The number of carbonyl (C=O) groups excluding carboxylic acids is 1. The Morgan fingerprint density at radius 1 is 1.16 bits per heavy atom. The molecule has 0 saturated carbocycles. The average Bonchev–Trinajstić information content (AvgIpc) is 2.59. The lowest BCUT2D eigenvalue weighted by molar-refractivity contribution is 0.0950. The fourth-order valence-corrected chi connectivity index (χ4v) is 2.74. The van der Waals surface area contributed by atoms with E-state index in [2.05, 4.69) is 10.3 Å². The van der Waals surface area contributed by atoms with Crippen LogP contribution in [0.15, 0.2) is 48.5 Å². The zero-order valence-electron chi connectivity index (χ0n) is 14.2. The maximum absolute atomic E-state index is 13.3. The zero-order chi connectivity index (χ0) is 17.8. The van der Waals surface area contributed by atoms with Gasteiger partial charge in [-0.1, -0.05) is 24.3 Å². The van der Waals surface area contributed by atoms with Crippen LogP contribution in [-0.2, 0) is 17.9 Å². The van der Waals surface area contributed by atoms with Gasteiger partial charge in [-0.15, -0.1) is 0 Å². The molecule has 3 rings (SSSR count). The van der Waals surface area contributed by atoms with Crippen LogP contribution >= 0.6 is 0 Å². The Morgan fingerprint density at radius 3 is 2.76 bits per heavy atom. The van der Waals surface area contributed by atoms with Gasteiger partial charge < -0.3 is 10.1 Å². The number of benzene rings is 2. The Kier molecular flexibility index (Phi) is 5.05. The van der Waals surface area contributed by atoms with E-state index in [0.717, 1.165) is 16.5 Å². The van der Waals surface area contributed by atoms with E-state index in [1.54, 1.807) is 26.2 Å². The highest BCUT2D eigenvalue weighted by atomic mass is 19.1. The van der Waals surface area contributed by atoms with Crippen molar-refractivity contribution in [3.8, 4) is 0 Å². The number of rotatable bonds is 5. The first kappa shape index (κ1) is 17.0. The molecule has 0 atom stereocenters. The Hall–Kier alpha value is -2.79. The van der Waals surface area contributed by atoms with Crippen LogP contribution in [0.25, 0.3) is 10.9 Å². The number of aryl methyl sites for hydroxylation is 1. The molecule has 0 radical (unpaired) electrons. The van der Waals surface area contributed by atoms with Crippen LogP contribution in [0, 0.1) is 12.7 Å². The van der Waals surface area contributed by atoms with Gasteiger partial charge in [-0.2, -0.15) is 0 Å². The number of pyridine rings is 1. The normalized spacial score (nSPS) is 10.8. The van der Waals surface area contributed by atoms with Crippen molar-refractivity contribution in [3.63, 3.8) is 0 Å². The van der Waals surface area contributed by atoms with E-state index < -0.39 is 0 Å². The lowest BCUT2D eigenvalue weighted by atomic mass is 10.1. The van der Waals surface area contributed by atoms with Gasteiger partial charge in [0.1, 0.15) is 5.82 Å². The van der Waals surface area contributed by atoms with Crippen molar-refractivity contribution < 1.29 is 13.9 Å². The molecule has 0 spiro atoms. The van der Waals surface area contributed by atoms with E-state index in [1.165, 1.54) is 12.1 Å². The van der Waals surface area contributed by atoms with Crippen LogP contribution in [0.2, 0.25) is 0 Å². The molecule has 1 N–H and O–H groups in total. The van der Waals surface area contributed by atoms with Crippen LogP contribution in [0.1, 0.15) is 27.2 Å². The summed E-state index contributed by atoms with van der Waals surface area (Å²) in [7, 11) is 1.65. The van der Waals surface area contributed by atoms with E-state index in [0.29, 0.717) is 29.9 Å². The van der Waals surface area contributed by atoms with Crippen molar-refractivity contribution in [1.29, 1.82) is 0 Å². The quantitative estimate of drug-likeness (QED) is 0.771. The largest absolute Gasteiger partial charge is 0.380 e. The standard InChI is InChI=1S/C20H19FN2O2/c1-13-18(9-16-6-7-17(21)10-19(16)23-13)20(24)22-11-14-4-3-5-15(8-14)12-25-2/h3-10H,11-12H2,1-2H3,(H,22,24). The molecule has 0 fully saturated rings. The first-order chi connectivity index (χ1) is 12.1. The van der Waals surface area contributed by atoms with Gasteiger partial charge in [0.15, 0.2) is 0 Å². The molecular formula is C20H19FN2O2. The third kappa shape index (κ3) is 4.00. The van der Waals surface area contributed by atoms with E-state index >= 15 is 0 Å². The van der Waals surface area contributed by atoms with Crippen molar-refractivity contribution in [2.45, 2.75) is 20.1 Å². The van der Waals surface area contributed by atoms with Gasteiger partial charge in [-0.25, -0.2) is 4.39 Å². The maximum Gasteiger partial charge on any atom is 0.253 e. The van der Waals surface area contributed by atoms with Crippen LogP contribution < -0.4 is 5.32 Å². The molecule has 4 nitrogen and oxygen atoms in total. The summed E-state index contributed by atoms with van der Waals surface area (Å²) in [5.74, 6) is -0.541. The third-order valence-corrected chi connectivity index (χ3v) is 3.97. The van der Waals surface area contributed by atoms with Crippen molar-refractivity contribution in [3.05, 3.63) is 76.7 Å². The number of hydrogen-bond donors (Lipinski definition) is 1. The summed E-state index contributed by atoms with van der Waals surface area (Å²) in [5, 5.41) is 3.64. The van der Waals surface area contributed by atoms with Gasteiger partial charge in [0.05, 0.1) is 23.4 Å². The monoisotopic (exact) mass is 338 g/mol. The predicted molar refractivity (Wildman–Crippen MR) is 94.8 cm³/mol. The first-order valence-corrected chi connectivity index (χ1v) is 7.98. The number of nitrogens with one attached hydrogen (secondary N) is 1. The molecule has 0 aliphatic heterocycles. The van der Waals surface area contributed by atoms with Gasteiger partial charge in [-0.05, 0) is 36.2 Å². The van der Waals surface area contributed by atoms with Crippen LogP contribution in [0.4, 0.5) is 4.39 Å². The maximum atomic E-state index is 13.3. The number of nitrogens with zero attached hydrogens (tertiary/aromatic N) is 1. The molecular weight excluding hydrogens is 319 g/mol. The van der Waals surface area contributed by atoms with E-state index in [1.807, 2.05) is 24.3 Å². The van der Waals surface area contributed by atoms with Crippen molar-refractivity contribution in [1.82, 2.24) is 10.3 Å². The van der Waals surface area contributed by atoms with Gasteiger partial charge in [0.2, 0.25) is 0 Å². The Balaban J connectivity index is 1.77.